The van der Waals surface area contributed by atoms with Gasteiger partial charge in [0.05, 0.1) is 59.0 Å². The van der Waals surface area contributed by atoms with E-state index < -0.39 is 46.8 Å². The predicted octanol–water partition coefficient (Wildman–Crippen LogP) is 10.5. The molecular formula is C74H91Cl2N11O9S2. The standard InChI is InChI=1S/2C36H41N5O4S.C2H6O.ClH2N.ClH/c2*1-4-39-21-26(27-10-5-6-11-29(27)39)18-28(38-35(45)36(2,3)37)31(42)19-25-17-24-9-7-12-30(40-15-8-13-32(40)43)33(24)41(34(25)44)20-23-14-16-46-22-23;1-2-3;1-2;/h2*5-7,9-12,14,16,21-22,25,28H,4,8,13,15,17-20,37H2,1-3H3,(H,38,45);3H,2H2,1H3;2H2;1H/t2*25?,28-;;;/m11.../s1. The summed E-state index contributed by atoms with van der Waals surface area (Å²) in [6.45, 7) is 16.0. The molecule has 20 nitrogen and oxygen atoms in total. The van der Waals surface area contributed by atoms with Gasteiger partial charge in [-0.3, -0.25) is 38.4 Å². The number of carbonyl (C=O) groups excluding carboxylic acids is 8. The number of nitrogens with one attached hydrogen (secondary N) is 2. The lowest BCUT2D eigenvalue weighted by Gasteiger charge is -2.37. The Labute approximate surface area is 592 Å². The average Bonchev–Trinajstić information content (AvgIpc) is 1.03. The summed E-state index contributed by atoms with van der Waals surface area (Å²) in [6, 6.07) is 29.9. The molecule has 4 atom stereocenters. The van der Waals surface area contributed by atoms with Gasteiger partial charge in [0, 0.05) is 117 Å². The smallest absolute Gasteiger partial charge is 0.240 e. The van der Waals surface area contributed by atoms with Crippen LogP contribution in [0.15, 0.2) is 131 Å². The molecule has 0 radical (unpaired) electrons. The van der Waals surface area contributed by atoms with E-state index in [2.05, 4.69) is 50.6 Å². The summed E-state index contributed by atoms with van der Waals surface area (Å²) in [5.41, 5.74) is 20.8. The molecule has 6 amide bonds. The molecule has 0 bridgehead atoms. The fraction of sp³-hybridized carbons (Fsp3) is 0.405. The van der Waals surface area contributed by atoms with Crippen LogP contribution in [0.5, 0.6) is 0 Å². The molecule has 0 spiro atoms. The van der Waals surface area contributed by atoms with E-state index in [0.29, 0.717) is 51.9 Å². The number of Topliss-reactive ketones (excluding diaryl/α,β-unsaturated/α-hetero) is 2. The molecule has 0 aliphatic carbocycles. The van der Waals surface area contributed by atoms with E-state index in [9.17, 15) is 38.4 Å². The molecule has 98 heavy (non-hydrogen) atoms. The maximum Gasteiger partial charge on any atom is 0.240 e. The number of aromatic nitrogens is 2. The maximum atomic E-state index is 14.3. The third-order valence-electron chi connectivity index (χ3n) is 18.2. The first kappa shape index (κ1) is 75.7. The summed E-state index contributed by atoms with van der Waals surface area (Å²) in [5.74, 6) is -2.72. The number of thiophene rings is 2. The molecule has 2 unspecified atom stereocenters. The Bertz CT molecular complexity index is 3880. The highest BCUT2D eigenvalue weighted by Crippen LogP contribution is 2.44. The minimum absolute atomic E-state index is 0. The molecular weight excluding hydrogens is 1320 g/mol. The van der Waals surface area contributed by atoms with E-state index in [0.717, 1.165) is 104 Å². The number of aryl methyl sites for hydroxylation is 2. The van der Waals surface area contributed by atoms with E-state index in [4.69, 9.17) is 16.6 Å². The van der Waals surface area contributed by atoms with Crippen molar-refractivity contribution in [1.29, 1.82) is 0 Å². The number of fused-ring (bicyclic) bond motifs is 4. The Morgan fingerprint density at radius 2 is 0.959 bits per heavy atom. The second-order valence-electron chi connectivity index (χ2n) is 26.3. The number of aliphatic hydroxyl groups excluding tert-OH is 1. The molecule has 8 aromatic rings. The summed E-state index contributed by atoms with van der Waals surface area (Å²) < 4.78 is 4.26. The fourth-order valence-corrected chi connectivity index (χ4v) is 14.7. The van der Waals surface area contributed by atoms with Crippen molar-refractivity contribution in [3.05, 3.63) is 164 Å². The van der Waals surface area contributed by atoms with Gasteiger partial charge >= 0.3 is 0 Å². The molecule has 8 heterocycles. The Balaban J connectivity index is 0.000000233. The first-order chi connectivity index (χ1) is 46.5. The van der Waals surface area contributed by atoms with Crippen molar-refractivity contribution in [3.8, 4) is 0 Å². The predicted molar refractivity (Wildman–Crippen MR) is 394 cm³/mol. The number of nitrogens with two attached hydrogens (primary N) is 3. The van der Waals surface area contributed by atoms with Gasteiger partial charge in [0.15, 0.2) is 11.6 Å². The molecule has 12 rings (SSSR count). The largest absolute Gasteiger partial charge is 0.397 e. The number of amides is 6. The van der Waals surface area contributed by atoms with Crippen LogP contribution in [0, 0.1) is 11.8 Å². The second-order valence-corrected chi connectivity index (χ2v) is 27.8. The summed E-state index contributed by atoms with van der Waals surface area (Å²) in [4.78, 5) is 116. The van der Waals surface area contributed by atoms with E-state index in [1.807, 2.05) is 131 Å². The van der Waals surface area contributed by atoms with Gasteiger partial charge in [0.2, 0.25) is 35.4 Å². The van der Waals surface area contributed by atoms with Gasteiger partial charge < -0.3 is 55.9 Å². The third kappa shape index (κ3) is 17.3. The van der Waals surface area contributed by atoms with Crippen LogP contribution in [0.1, 0.15) is 120 Å². The molecule has 0 saturated carbocycles. The highest BCUT2D eigenvalue weighted by Gasteiger charge is 2.42. The number of rotatable bonds is 22. The maximum absolute atomic E-state index is 14.3. The number of nitrogens with zero attached hydrogens (tertiary/aromatic N) is 6. The first-order valence-electron chi connectivity index (χ1n) is 33.2. The number of aliphatic hydroxyl groups is 1. The first-order valence-corrected chi connectivity index (χ1v) is 35.5. The highest BCUT2D eigenvalue weighted by atomic mass is 35.5. The lowest BCUT2D eigenvalue weighted by atomic mass is 9.85. The number of ketones is 2. The summed E-state index contributed by atoms with van der Waals surface area (Å²) in [5, 5.41) is 27.4. The Kier molecular flexibility index (Phi) is 26.0. The van der Waals surface area contributed by atoms with E-state index in [1.165, 1.54) is 0 Å². The number of hydrogen-bond donors (Lipinski definition) is 6. The van der Waals surface area contributed by atoms with E-state index >= 15 is 0 Å². The molecule has 4 aliphatic heterocycles. The van der Waals surface area contributed by atoms with Crippen LogP contribution < -0.4 is 47.0 Å². The van der Waals surface area contributed by atoms with Gasteiger partial charge in [-0.05, 0) is 177 Å². The van der Waals surface area contributed by atoms with Crippen LogP contribution in [-0.2, 0) is 90.2 Å². The van der Waals surface area contributed by atoms with Crippen molar-refractivity contribution >= 4 is 138 Å². The number of benzene rings is 4. The van der Waals surface area contributed by atoms with Crippen LogP contribution >= 0.6 is 46.9 Å². The highest BCUT2D eigenvalue weighted by molar-refractivity contribution is 7.08. The average molecular weight is 1410 g/mol. The SMILES string of the molecule is CCO.CCn1cc(C[C@@H](NC(=O)C(C)(C)N)C(=O)CC2Cc3cccc(N4CCCC4=O)c3N(Cc3ccsc3)C2=O)c2ccccc21.CCn1cc(C[C@@H](NC(=O)C(C)(C)N)C(=O)CC2Cc3cccc(N4CCCC4=O)c3N(Cc3ccsc3)C2=O)c2ccccc21.Cl.NCl. The van der Waals surface area contributed by atoms with Crippen LogP contribution in [0.2, 0.25) is 0 Å². The van der Waals surface area contributed by atoms with Crippen molar-refractivity contribution in [2.75, 3.05) is 39.3 Å². The van der Waals surface area contributed by atoms with Crippen molar-refractivity contribution in [2.24, 2.45) is 28.6 Å². The number of hydrogen-bond acceptors (Lipinski definition) is 14. The zero-order valence-corrected chi connectivity index (χ0v) is 60.0. The summed E-state index contributed by atoms with van der Waals surface area (Å²) in [7, 11) is 0. The molecule has 522 valence electrons. The van der Waals surface area contributed by atoms with Crippen molar-refractivity contribution in [2.45, 2.75) is 162 Å². The van der Waals surface area contributed by atoms with E-state index in [-0.39, 0.29) is 79.9 Å². The topological polar surface area (TPSA) is 282 Å². The molecule has 2 saturated heterocycles. The molecule has 9 N–H and O–H groups in total. The zero-order valence-electron chi connectivity index (χ0n) is 56.8. The molecule has 4 aromatic heterocycles. The van der Waals surface area contributed by atoms with Gasteiger partial charge in [0.1, 0.15) is 0 Å². The van der Waals surface area contributed by atoms with Gasteiger partial charge in [-0.2, -0.15) is 22.7 Å². The van der Waals surface area contributed by atoms with Crippen LogP contribution in [0.25, 0.3) is 21.8 Å². The summed E-state index contributed by atoms with van der Waals surface area (Å²) >= 11 is 7.26. The molecule has 4 aliphatic rings. The van der Waals surface area contributed by atoms with Gasteiger partial charge in [-0.25, -0.2) is 5.25 Å². The Hall–Kier alpha value is -8.06. The van der Waals surface area contributed by atoms with Gasteiger partial charge in [0.25, 0.3) is 0 Å². The number of anilines is 4. The van der Waals surface area contributed by atoms with Crippen LogP contribution in [0.3, 0.4) is 0 Å². The normalized spacial score (nSPS) is 16.6. The number of para-hydroxylation sites is 4. The summed E-state index contributed by atoms with van der Waals surface area (Å²) in [6.07, 6.45) is 7.85. The Morgan fingerprint density at radius 3 is 1.29 bits per heavy atom. The molecule has 2 fully saturated rings. The third-order valence-corrected chi connectivity index (χ3v) is 19.7. The quantitative estimate of drug-likeness (QED) is 0.0346. The van der Waals surface area contributed by atoms with Crippen molar-refractivity contribution < 1.29 is 43.5 Å². The lowest BCUT2D eigenvalue weighted by molar-refractivity contribution is -0.132. The van der Waals surface area contributed by atoms with Crippen molar-refractivity contribution in [1.82, 2.24) is 19.8 Å². The molecule has 24 heteroatoms. The minimum atomic E-state index is -1.18. The van der Waals surface area contributed by atoms with Crippen LogP contribution in [0.4, 0.5) is 22.7 Å². The number of halogens is 2. The number of carbonyl (C=O) groups is 8. The van der Waals surface area contributed by atoms with Crippen molar-refractivity contribution in [3.63, 3.8) is 0 Å². The monoisotopic (exact) mass is 1410 g/mol. The fourth-order valence-electron chi connectivity index (χ4n) is 13.4. The lowest BCUT2D eigenvalue weighted by Crippen LogP contribution is -2.55. The second kappa shape index (κ2) is 33.7. The van der Waals surface area contributed by atoms with E-state index in [1.54, 1.807) is 76.9 Å². The molecule has 4 aromatic carbocycles. The Morgan fingerprint density at radius 1 is 0.582 bits per heavy atom. The minimum Gasteiger partial charge on any atom is -0.397 e. The van der Waals surface area contributed by atoms with Gasteiger partial charge in [-0.15, -0.1) is 12.4 Å². The van der Waals surface area contributed by atoms with Gasteiger partial charge in [-0.1, -0.05) is 60.7 Å². The zero-order chi connectivity index (χ0) is 69.9. The van der Waals surface area contributed by atoms with Crippen LogP contribution in [-0.4, -0.2) is 104 Å².